The molecule has 0 radical (unpaired) electrons. The summed E-state index contributed by atoms with van der Waals surface area (Å²) in [6.45, 7) is 6.04. The molecule has 1 rings (SSSR count). The molecule has 98 valence electrons. The molecule has 0 saturated heterocycles. The number of nitrogens with two attached hydrogens (primary N) is 1. The predicted octanol–water partition coefficient (Wildman–Crippen LogP) is 1.70. The number of aliphatic hydroxyl groups excluding tert-OH is 1. The van der Waals surface area contributed by atoms with E-state index in [-0.39, 0.29) is 28.9 Å². The van der Waals surface area contributed by atoms with E-state index in [0.717, 1.165) is 0 Å². The van der Waals surface area contributed by atoms with Gasteiger partial charge < -0.3 is 16.2 Å². The Morgan fingerprint density at radius 3 is 2.61 bits per heavy atom. The normalized spacial score (nSPS) is 13.1. The molecule has 4 nitrogen and oxygen atoms in total. The highest BCUT2D eigenvalue weighted by Crippen LogP contribution is 2.24. The van der Waals surface area contributed by atoms with Crippen LogP contribution in [0.25, 0.3) is 0 Å². The lowest BCUT2D eigenvalue weighted by Gasteiger charge is -2.23. The lowest BCUT2D eigenvalue weighted by atomic mass is 10.0. The van der Waals surface area contributed by atoms with Crippen LogP contribution in [0.15, 0.2) is 12.1 Å². The lowest BCUT2D eigenvalue weighted by Crippen LogP contribution is -2.38. The molecule has 0 fully saturated rings. The first-order chi connectivity index (χ1) is 8.26. The fourth-order valence-corrected chi connectivity index (χ4v) is 1.49. The first-order valence-electron chi connectivity index (χ1n) is 5.67. The zero-order chi connectivity index (χ0) is 13.9. The minimum Gasteiger partial charge on any atom is -0.398 e. The summed E-state index contributed by atoms with van der Waals surface area (Å²) >= 11 is 0. The molecule has 0 saturated carbocycles. The van der Waals surface area contributed by atoms with Crippen molar-refractivity contribution in [1.82, 2.24) is 5.32 Å². The van der Waals surface area contributed by atoms with Crippen LogP contribution in [0, 0.1) is 17.1 Å². The highest BCUT2D eigenvalue weighted by molar-refractivity contribution is 5.56. The van der Waals surface area contributed by atoms with Crippen LogP contribution in [0.5, 0.6) is 0 Å². The van der Waals surface area contributed by atoms with E-state index in [0.29, 0.717) is 0 Å². The first kappa shape index (κ1) is 14.4. The van der Waals surface area contributed by atoms with Crippen molar-refractivity contribution in [3.05, 3.63) is 29.1 Å². The molecule has 0 aliphatic rings. The largest absolute Gasteiger partial charge is 0.398 e. The van der Waals surface area contributed by atoms with E-state index in [1.54, 1.807) is 6.07 Å². The second kappa shape index (κ2) is 5.34. The number of halogens is 1. The van der Waals surface area contributed by atoms with Gasteiger partial charge in [-0.3, -0.25) is 0 Å². The summed E-state index contributed by atoms with van der Waals surface area (Å²) in [4.78, 5) is 0. The van der Waals surface area contributed by atoms with E-state index >= 15 is 0 Å². The zero-order valence-electron chi connectivity index (χ0n) is 10.8. The van der Waals surface area contributed by atoms with E-state index in [1.165, 1.54) is 12.1 Å². The van der Waals surface area contributed by atoms with Gasteiger partial charge in [0.25, 0.3) is 0 Å². The summed E-state index contributed by atoms with van der Waals surface area (Å²) in [5.41, 5.74) is 5.25. The van der Waals surface area contributed by atoms with Gasteiger partial charge in [-0.25, -0.2) is 4.39 Å². The molecule has 5 heteroatoms. The van der Waals surface area contributed by atoms with Crippen molar-refractivity contribution in [2.75, 3.05) is 12.3 Å². The van der Waals surface area contributed by atoms with E-state index in [1.807, 2.05) is 20.8 Å². The van der Waals surface area contributed by atoms with Crippen molar-refractivity contribution in [3.8, 4) is 6.07 Å². The Balaban J connectivity index is 2.94. The molecular formula is C13H18FN3O. The van der Waals surface area contributed by atoms with E-state index in [4.69, 9.17) is 11.0 Å². The zero-order valence-corrected chi connectivity index (χ0v) is 10.8. The molecule has 1 atom stereocenters. The number of rotatable bonds is 3. The lowest BCUT2D eigenvalue weighted by molar-refractivity contribution is 0.159. The topological polar surface area (TPSA) is 82.1 Å². The van der Waals surface area contributed by atoms with Gasteiger partial charge in [0.05, 0.1) is 11.8 Å². The molecule has 0 aliphatic heterocycles. The maximum atomic E-state index is 13.9. The van der Waals surface area contributed by atoms with Gasteiger partial charge in [0.1, 0.15) is 17.4 Å². The maximum absolute atomic E-state index is 13.9. The van der Waals surface area contributed by atoms with Gasteiger partial charge in [-0.15, -0.1) is 0 Å². The van der Waals surface area contributed by atoms with E-state index < -0.39 is 11.9 Å². The summed E-state index contributed by atoms with van der Waals surface area (Å²) in [6.07, 6.45) is -1.02. The summed E-state index contributed by atoms with van der Waals surface area (Å²) in [7, 11) is 0. The third-order valence-corrected chi connectivity index (χ3v) is 2.50. The van der Waals surface area contributed by atoms with Crippen LogP contribution in [-0.4, -0.2) is 17.2 Å². The van der Waals surface area contributed by atoms with Crippen molar-refractivity contribution in [3.63, 3.8) is 0 Å². The first-order valence-corrected chi connectivity index (χ1v) is 5.67. The van der Waals surface area contributed by atoms with Crippen LogP contribution in [0.2, 0.25) is 0 Å². The molecule has 18 heavy (non-hydrogen) atoms. The number of benzene rings is 1. The van der Waals surface area contributed by atoms with Crippen LogP contribution >= 0.6 is 0 Å². The highest BCUT2D eigenvalue weighted by Gasteiger charge is 2.19. The Labute approximate surface area is 106 Å². The van der Waals surface area contributed by atoms with Crippen molar-refractivity contribution in [1.29, 1.82) is 5.26 Å². The summed E-state index contributed by atoms with van der Waals surface area (Å²) in [5.74, 6) is -0.749. The third kappa shape index (κ3) is 3.42. The molecular weight excluding hydrogens is 233 g/mol. The monoisotopic (exact) mass is 251 g/mol. The number of aliphatic hydroxyl groups is 1. The summed E-state index contributed by atoms with van der Waals surface area (Å²) in [5, 5.41) is 21.8. The smallest absolute Gasteiger partial charge is 0.148 e. The van der Waals surface area contributed by atoms with Crippen LogP contribution in [-0.2, 0) is 0 Å². The van der Waals surface area contributed by atoms with Gasteiger partial charge in [-0.2, -0.15) is 5.26 Å². The number of β-amino-alcohol motifs (C(OH)–C–C–N with tert-alkyl or cyclic N) is 1. The van der Waals surface area contributed by atoms with E-state index in [9.17, 15) is 9.50 Å². The summed E-state index contributed by atoms with van der Waals surface area (Å²) in [6, 6.07) is 4.53. The number of nitrogen functional groups attached to an aromatic ring is 1. The number of nitrogens with one attached hydrogen (secondary N) is 1. The van der Waals surface area contributed by atoms with Crippen molar-refractivity contribution in [2.45, 2.75) is 32.4 Å². The van der Waals surface area contributed by atoms with Gasteiger partial charge in [0, 0.05) is 17.6 Å². The second-order valence-corrected chi connectivity index (χ2v) is 5.19. The minimum atomic E-state index is -1.02. The SMILES string of the molecule is CC(C)(C)NCC(O)c1ccc(N)c(C#N)c1F. The predicted molar refractivity (Wildman–Crippen MR) is 68.2 cm³/mol. The average Bonchev–Trinajstić information content (AvgIpc) is 2.26. The van der Waals surface area contributed by atoms with Crippen LogP contribution in [0.3, 0.4) is 0 Å². The number of hydrogen-bond donors (Lipinski definition) is 3. The number of nitriles is 1. The Kier molecular flexibility index (Phi) is 4.28. The summed E-state index contributed by atoms with van der Waals surface area (Å²) < 4.78 is 13.9. The molecule has 1 aromatic carbocycles. The quantitative estimate of drug-likeness (QED) is 0.714. The standard InChI is InChI=1S/C13H18FN3O/c1-13(2,3)17-7-11(18)8-4-5-10(16)9(6-15)12(8)14/h4-5,11,17-18H,7,16H2,1-3H3. The van der Waals surface area contributed by atoms with Crippen LogP contribution < -0.4 is 11.1 Å². The molecule has 4 N–H and O–H groups in total. The Bertz CT molecular complexity index is 474. The van der Waals surface area contributed by atoms with Crippen LogP contribution in [0.1, 0.15) is 38.0 Å². The van der Waals surface area contributed by atoms with Gasteiger partial charge in [-0.05, 0) is 26.8 Å². The maximum Gasteiger partial charge on any atom is 0.148 e. The Hall–Kier alpha value is -1.64. The minimum absolute atomic E-state index is 0.0785. The second-order valence-electron chi connectivity index (χ2n) is 5.19. The Morgan fingerprint density at radius 2 is 2.11 bits per heavy atom. The highest BCUT2D eigenvalue weighted by atomic mass is 19.1. The third-order valence-electron chi connectivity index (χ3n) is 2.50. The number of hydrogen-bond acceptors (Lipinski definition) is 4. The van der Waals surface area contributed by atoms with Gasteiger partial charge in [0.15, 0.2) is 0 Å². The van der Waals surface area contributed by atoms with Gasteiger partial charge >= 0.3 is 0 Å². The van der Waals surface area contributed by atoms with Gasteiger partial charge in [0.2, 0.25) is 0 Å². The van der Waals surface area contributed by atoms with Crippen molar-refractivity contribution >= 4 is 5.69 Å². The molecule has 1 unspecified atom stereocenters. The molecule has 0 amide bonds. The average molecular weight is 251 g/mol. The van der Waals surface area contributed by atoms with Crippen molar-refractivity contribution in [2.24, 2.45) is 0 Å². The fourth-order valence-electron chi connectivity index (χ4n) is 1.49. The molecule has 0 heterocycles. The molecule has 0 aromatic heterocycles. The molecule has 0 bridgehead atoms. The fraction of sp³-hybridized carbons (Fsp3) is 0.462. The number of nitrogens with zero attached hydrogens (tertiary/aromatic N) is 1. The van der Waals surface area contributed by atoms with Crippen LogP contribution in [0.4, 0.5) is 10.1 Å². The van der Waals surface area contributed by atoms with Crippen molar-refractivity contribution < 1.29 is 9.50 Å². The number of anilines is 1. The Morgan fingerprint density at radius 1 is 1.50 bits per heavy atom. The van der Waals surface area contributed by atoms with E-state index in [2.05, 4.69) is 5.32 Å². The molecule has 0 spiro atoms. The molecule has 1 aromatic rings. The van der Waals surface area contributed by atoms with Gasteiger partial charge in [-0.1, -0.05) is 6.07 Å². The molecule has 0 aliphatic carbocycles.